The standard InChI is InChI=1S/C9H8N8OS/c1-5-2-18-9(13-5)19-8-15-6(10)14-7(16-8)17-4-11-3-12-17/h2-4H,1H3,(H2,10,14,15,16). The summed E-state index contributed by atoms with van der Waals surface area (Å²) in [6.07, 6.45) is 4.40. The zero-order valence-corrected chi connectivity index (χ0v) is 10.6. The number of nitrogens with zero attached hydrogens (tertiary/aromatic N) is 7. The molecule has 0 atom stereocenters. The third-order valence-corrected chi connectivity index (χ3v) is 2.75. The summed E-state index contributed by atoms with van der Waals surface area (Å²) in [5, 5.41) is 4.74. The number of rotatable bonds is 3. The zero-order chi connectivity index (χ0) is 13.2. The van der Waals surface area contributed by atoms with Gasteiger partial charge in [0, 0.05) is 11.8 Å². The van der Waals surface area contributed by atoms with Gasteiger partial charge >= 0.3 is 0 Å². The number of nitrogens with two attached hydrogens (primary N) is 1. The predicted molar refractivity (Wildman–Crippen MR) is 64.5 cm³/mol. The van der Waals surface area contributed by atoms with Gasteiger partial charge in [-0.25, -0.2) is 9.97 Å². The largest absolute Gasteiger partial charge is 0.439 e. The Morgan fingerprint density at radius 3 is 2.84 bits per heavy atom. The molecule has 0 aliphatic rings. The van der Waals surface area contributed by atoms with Gasteiger partial charge in [0.15, 0.2) is 0 Å². The Balaban J connectivity index is 1.94. The smallest absolute Gasteiger partial charge is 0.263 e. The molecular formula is C9H8N8OS. The van der Waals surface area contributed by atoms with E-state index in [2.05, 4.69) is 30.0 Å². The molecule has 10 heteroatoms. The molecule has 0 aliphatic heterocycles. The summed E-state index contributed by atoms with van der Waals surface area (Å²) in [7, 11) is 0. The summed E-state index contributed by atoms with van der Waals surface area (Å²) in [4.78, 5) is 20.1. The number of anilines is 1. The summed E-state index contributed by atoms with van der Waals surface area (Å²) in [6.45, 7) is 1.83. The van der Waals surface area contributed by atoms with Crippen LogP contribution in [0.1, 0.15) is 5.69 Å². The van der Waals surface area contributed by atoms with E-state index in [4.69, 9.17) is 10.2 Å². The average molecular weight is 276 g/mol. The number of aromatic nitrogens is 7. The first-order valence-corrected chi connectivity index (χ1v) is 5.99. The second-order valence-electron chi connectivity index (χ2n) is 3.47. The molecule has 3 heterocycles. The minimum Gasteiger partial charge on any atom is -0.439 e. The Hall–Kier alpha value is -2.49. The molecule has 96 valence electrons. The van der Waals surface area contributed by atoms with Crippen LogP contribution in [0.25, 0.3) is 5.95 Å². The molecule has 3 aromatic heterocycles. The Morgan fingerprint density at radius 1 is 1.26 bits per heavy atom. The van der Waals surface area contributed by atoms with Crippen LogP contribution in [0.3, 0.4) is 0 Å². The third kappa shape index (κ3) is 2.52. The molecule has 3 aromatic rings. The molecule has 0 bridgehead atoms. The fourth-order valence-corrected chi connectivity index (χ4v) is 1.99. The lowest BCUT2D eigenvalue weighted by Gasteiger charge is -2.01. The molecule has 0 amide bonds. The highest BCUT2D eigenvalue weighted by molar-refractivity contribution is 7.98. The first-order valence-electron chi connectivity index (χ1n) is 5.17. The van der Waals surface area contributed by atoms with Crippen molar-refractivity contribution in [3.63, 3.8) is 0 Å². The Morgan fingerprint density at radius 2 is 2.16 bits per heavy atom. The maximum Gasteiger partial charge on any atom is 0.263 e. The van der Waals surface area contributed by atoms with Crippen molar-refractivity contribution in [1.29, 1.82) is 0 Å². The highest BCUT2D eigenvalue weighted by Crippen LogP contribution is 2.24. The summed E-state index contributed by atoms with van der Waals surface area (Å²) in [5.41, 5.74) is 6.42. The lowest BCUT2D eigenvalue weighted by Crippen LogP contribution is -2.07. The Bertz CT molecular complexity index is 694. The third-order valence-electron chi connectivity index (χ3n) is 2.02. The monoisotopic (exact) mass is 276 g/mol. The van der Waals surface area contributed by atoms with E-state index in [9.17, 15) is 0 Å². The highest BCUT2D eigenvalue weighted by Gasteiger charge is 2.11. The van der Waals surface area contributed by atoms with Gasteiger partial charge in [0.1, 0.15) is 18.9 Å². The van der Waals surface area contributed by atoms with E-state index in [1.54, 1.807) is 6.26 Å². The Kier molecular flexibility index (Phi) is 2.83. The predicted octanol–water partition coefficient (Wildman–Crippen LogP) is 0.482. The molecule has 0 spiro atoms. The van der Waals surface area contributed by atoms with Gasteiger partial charge in [-0.15, -0.1) is 0 Å². The average Bonchev–Trinajstić information content (AvgIpc) is 3.00. The van der Waals surface area contributed by atoms with Crippen LogP contribution in [0.4, 0.5) is 5.95 Å². The summed E-state index contributed by atoms with van der Waals surface area (Å²) in [5.74, 6) is 0.377. The summed E-state index contributed by atoms with van der Waals surface area (Å²) >= 11 is 1.15. The maximum atomic E-state index is 5.64. The number of aryl methyl sites for hydroxylation is 1. The van der Waals surface area contributed by atoms with Crippen molar-refractivity contribution in [2.75, 3.05) is 5.73 Å². The lowest BCUT2D eigenvalue weighted by atomic mass is 10.6. The van der Waals surface area contributed by atoms with Crippen LogP contribution in [-0.4, -0.2) is 34.7 Å². The first kappa shape index (κ1) is 11.6. The van der Waals surface area contributed by atoms with Gasteiger partial charge in [-0.3, -0.25) is 0 Å². The fraction of sp³-hybridized carbons (Fsp3) is 0.111. The molecule has 0 saturated carbocycles. The van der Waals surface area contributed by atoms with Crippen LogP contribution < -0.4 is 5.73 Å². The molecular weight excluding hydrogens is 268 g/mol. The van der Waals surface area contributed by atoms with Gasteiger partial charge in [0.2, 0.25) is 11.1 Å². The van der Waals surface area contributed by atoms with E-state index >= 15 is 0 Å². The molecule has 2 N–H and O–H groups in total. The molecule has 9 nitrogen and oxygen atoms in total. The van der Waals surface area contributed by atoms with Gasteiger partial charge < -0.3 is 10.2 Å². The van der Waals surface area contributed by atoms with Crippen molar-refractivity contribution in [3.8, 4) is 5.95 Å². The summed E-state index contributed by atoms with van der Waals surface area (Å²) in [6, 6.07) is 0. The van der Waals surface area contributed by atoms with Crippen molar-refractivity contribution in [2.24, 2.45) is 0 Å². The van der Waals surface area contributed by atoms with Gasteiger partial charge in [0.05, 0.1) is 5.69 Å². The van der Waals surface area contributed by atoms with Crippen LogP contribution in [-0.2, 0) is 0 Å². The highest BCUT2D eigenvalue weighted by atomic mass is 32.2. The first-order chi connectivity index (χ1) is 9.20. The minimum atomic E-state index is 0.0891. The number of hydrogen-bond donors (Lipinski definition) is 1. The number of oxazole rings is 1. The number of hydrogen-bond acceptors (Lipinski definition) is 9. The van der Waals surface area contributed by atoms with Gasteiger partial charge in [-0.05, 0) is 6.92 Å². The summed E-state index contributed by atoms with van der Waals surface area (Å²) < 4.78 is 6.61. The Labute approximate surface area is 111 Å². The van der Waals surface area contributed by atoms with E-state index in [0.29, 0.717) is 10.4 Å². The van der Waals surface area contributed by atoms with Crippen molar-refractivity contribution in [3.05, 3.63) is 24.6 Å². The number of nitrogen functional groups attached to an aromatic ring is 1. The lowest BCUT2D eigenvalue weighted by molar-refractivity contribution is 0.453. The van der Waals surface area contributed by atoms with Gasteiger partial charge in [-0.2, -0.15) is 24.7 Å². The van der Waals surface area contributed by atoms with E-state index in [1.165, 1.54) is 17.3 Å². The van der Waals surface area contributed by atoms with Gasteiger partial charge in [-0.1, -0.05) is 0 Å². The molecule has 0 fully saturated rings. The topological polar surface area (TPSA) is 121 Å². The quantitative estimate of drug-likeness (QED) is 0.727. The SMILES string of the molecule is Cc1coc(Sc2nc(N)nc(-n3cncn3)n2)n1. The second-order valence-corrected chi connectivity index (χ2v) is 4.39. The molecule has 3 rings (SSSR count). The fourth-order valence-electron chi connectivity index (χ4n) is 1.28. The van der Waals surface area contributed by atoms with Crippen LogP contribution in [0, 0.1) is 6.92 Å². The van der Waals surface area contributed by atoms with Crippen LogP contribution in [0.15, 0.2) is 33.7 Å². The minimum absolute atomic E-state index is 0.0891. The molecule has 0 saturated heterocycles. The van der Waals surface area contributed by atoms with E-state index in [0.717, 1.165) is 17.5 Å². The second kappa shape index (κ2) is 4.65. The van der Waals surface area contributed by atoms with Crippen molar-refractivity contribution >= 4 is 17.7 Å². The molecule has 0 unspecified atom stereocenters. The van der Waals surface area contributed by atoms with Crippen LogP contribution in [0.5, 0.6) is 0 Å². The molecule has 0 radical (unpaired) electrons. The van der Waals surface area contributed by atoms with Crippen molar-refractivity contribution in [1.82, 2.24) is 34.7 Å². The molecule has 0 aromatic carbocycles. The van der Waals surface area contributed by atoms with Gasteiger partial charge in [0.25, 0.3) is 11.2 Å². The maximum absolute atomic E-state index is 5.64. The van der Waals surface area contributed by atoms with Crippen molar-refractivity contribution < 1.29 is 4.42 Å². The van der Waals surface area contributed by atoms with Crippen LogP contribution >= 0.6 is 11.8 Å². The van der Waals surface area contributed by atoms with E-state index in [1.807, 2.05) is 6.92 Å². The van der Waals surface area contributed by atoms with Crippen LogP contribution in [0.2, 0.25) is 0 Å². The van der Waals surface area contributed by atoms with Crippen molar-refractivity contribution in [2.45, 2.75) is 17.3 Å². The molecule has 19 heavy (non-hydrogen) atoms. The molecule has 0 aliphatic carbocycles. The van der Waals surface area contributed by atoms with E-state index in [-0.39, 0.29) is 11.9 Å². The normalized spacial score (nSPS) is 10.8. The zero-order valence-electron chi connectivity index (χ0n) is 9.76. The van der Waals surface area contributed by atoms with E-state index < -0.39 is 0 Å².